The highest BCUT2D eigenvalue weighted by Gasteiger charge is 2.06. The van der Waals surface area contributed by atoms with Crippen molar-refractivity contribution >= 4 is 23.2 Å². The van der Waals surface area contributed by atoms with Crippen molar-refractivity contribution in [3.63, 3.8) is 0 Å². The minimum absolute atomic E-state index is 0.252. The fourth-order valence-electron chi connectivity index (χ4n) is 2.15. The van der Waals surface area contributed by atoms with Crippen LogP contribution in [0.25, 0.3) is 11.0 Å². The van der Waals surface area contributed by atoms with E-state index in [1.54, 1.807) is 30.7 Å². The van der Waals surface area contributed by atoms with Gasteiger partial charge in [0, 0.05) is 5.56 Å². The van der Waals surface area contributed by atoms with Crippen LogP contribution in [-0.2, 0) is 6.42 Å². The highest BCUT2D eigenvalue weighted by molar-refractivity contribution is 5.97. The van der Waals surface area contributed by atoms with Crippen molar-refractivity contribution in [3.05, 3.63) is 65.5 Å². The molecule has 1 aromatic heterocycles. The van der Waals surface area contributed by atoms with Gasteiger partial charge in [0.1, 0.15) is 0 Å². The smallest absolute Gasteiger partial charge is 0.271 e. The van der Waals surface area contributed by atoms with Crippen LogP contribution in [0.4, 0.5) is 0 Å². The van der Waals surface area contributed by atoms with Crippen LogP contribution in [0.1, 0.15) is 28.4 Å². The lowest BCUT2D eigenvalue weighted by Crippen LogP contribution is -2.17. The predicted octanol–water partition coefficient (Wildman–Crippen LogP) is 2.89. The molecular formula is C17H16N4O. The number of hydrogen-bond acceptors (Lipinski definition) is 3. The maximum atomic E-state index is 12.0. The fourth-order valence-corrected chi connectivity index (χ4v) is 2.15. The molecule has 0 atom stereocenters. The number of benzene rings is 2. The third-order valence-electron chi connectivity index (χ3n) is 3.45. The molecule has 0 aliphatic carbocycles. The number of aromatic nitrogens is 2. The summed E-state index contributed by atoms with van der Waals surface area (Å²) in [5.41, 5.74) is 6.94. The SMILES string of the molecule is CCc1ccc(C=NNC(=O)c2ccc3nc[nH]c3c2)cc1. The summed E-state index contributed by atoms with van der Waals surface area (Å²) in [4.78, 5) is 19.1. The second kappa shape index (κ2) is 6.22. The Morgan fingerprint density at radius 3 is 2.86 bits per heavy atom. The predicted molar refractivity (Wildman–Crippen MR) is 87.0 cm³/mol. The molecule has 110 valence electrons. The van der Waals surface area contributed by atoms with Crippen LogP contribution in [-0.4, -0.2) is 22.1 Å². The number of nitrogens with one attached hydrogen (secondary N) is 2. The molecule has 2 N–H and O–H groups in total. The van der Waals surface area contributed by atoms with Crippen LogP contribution in [0.15, 0.2) is 53.9 Å². The zero-order valence-electron chi connectivity index (χ0n) is 12.2. The monoisotopic (exact) mass is 292 g/mol. The molecule has 0 bridgehead atoms. The number of aromatic amines is 1. The van der Waals surface area contributed by atoms with Gasteiger partial charge in [-0.2, -0.15) is 5.10 Å². The van der Waals surface area contributed by atoms with Gasteiger partial charge in [0.2, 0.25) is 0 Å². The van der Waals surface area contributed by atoms with Gasteiger partial charge in [0.25, 0.3) is 5.91 Å². The van der Waals surface area contributed by atoms with Crippen molar-refractivity contribution in [3.8, 4) is 0 Å². The number of aryl methyl sites for hydroxylation is 1. The van der Waals surface area contributed by atoms with E-state index >= 15 is 0 Å². The number of amides is 1. The molecular weight excluding hydrogens is 276 g/mol. The largest absolute Gasteiger partial charge is 0.345 e. The summed E-state index contributed by atoms with van der Waals surface area (Å²) in [6.07, 6.45) is 4.24. The Morgan fingerprint density at radius 1 is 1.27 bits per heavy atom. The summed E-state index contributed by atoms with van der Waals surface area (Å²) in [5.74, 6) is -0.252. The normalized spacial score (nSPS) is 11.1. The van der Waals surface area contributed by atoms with Crippen LogP contribution in [0.3, 0.4) is 0 Å². The molecule has 3 rings (SSSR count). The minimum Gasteiger partial charge on any atom is -0.345 e. The lowest BCUT2D eigenvalue weighted by molar-refractivity contribution is 0.0955. The van der Waals surface area contributed by atoms with Crippen molar-refractivity contribution in [1.82, 2.24) is 15.4 Å². The van der Waals surface area contributed by atoms with Gasteiger partial charge in [-0.25, -0.2) is 10.4 Å². The summed E-state index contributed by atoms with van der Waals surface area (Å²) in [6, 6.07) is 13.3. The van der Waals surface area contributed by atoms with Crippen molar-refractivity contribution in [2.24, 2.45) is 5.10 Å². The molecule has 5 heteroatoms. The lowest BCUT2D eigenvalue weighted by Gasteiger charge is -2.00. The van der Waals surface area contributed by atoms with Gasteiger partial charge < -0.3 is 4.98 Å². The van der Waals surface area contributed by atoms with E-state index in [1.807, 2.05) is 12.1 Å². The topological polar surface area (TPSA) is 70.1 Å². The number of hydrogen-bond donors (Lipinski definition) is 2. The average molecular weight is 292 g/mol. The molecule has 0 aliphatic rings. The molecule has 0 spiro atoms. The Morgan fingerprint density at radius 2 is 2.09 bits per heavy atom. The Hall–Kier alpha value is -2.95. The first-order valence-electron chi connectivity index (χ1n) is 7.12. The minimum atomic E-state index is -0.252. The highest BCUT2D eigenvalue weighted by atomic mass is 16.2. The van der Waals surface area contributed by atoms with Crippen LogP contribution >= 0.6 is 0 Å². The Kier molecular flexibility index (Phi) is 3.96. The average Bonchev–Trinajstić information content (AvgIpc) is 3.03. The second-order valence-corrected chi connectivity index (χ2v) is 4.93. The van der Waals surface area contributed by atoms with E-state index in [4.69, 9.17) is 0 Å². The summed E-state index contributed by atoms with van der Waals surface area (Å²) in [6.45, 7) is 2.11. The Balaban J connectivity index is 1.66. The van der Waals surface area contributed by atoms with E-state index in [0.29, 0.717) is 5.56 Å². The van der Waals surface area contributed by atoms with Gasteiger partial charge in [0.05, 0.1) is 23.6 Å². The number of H-pyrrole nitrogens is 1. The van der Waals surface area contributed by atoms with Crippen molar-refractivity contribution < 1.29 is 4.79 Å². The summed E-state index contributed by atoms with van der Waals surface area (Å²) in [5, 5.41) is 3.99. The van der Waals surface area contributed by atoms with E-state index in [2.05, 4.69) is 39.6 Å². The Labute approximate surface area is 128 Å². The zero-order chi connectivity index (χ0) is 15.4. The summed E-state index contributed by atoms with van der Waals surface area (Å²) < 4.78 is 0. The number of carbonyl (C=O) groups is 1. The first kappa shape index (κ1) is 14.0. The van der Waals surface area contributed by atoms with Gasteiger partial charge in [-0.1, -0.05) is 31.2 Å². The molecule has 5 nitrogen and oxygen atoms in total. The van der Waals surface area contributed by atoms with Crippen LogP contribution in [0, 0.1) is 0 Å². The van der Waals surface area contributed by atoms with Crippen molar-refractivity contribution in [1.29, 1.82) is 0 Å². The Bertz CT molecular complexity index is 818. The third-order valence-corrected chi connectivity index (χ3v) is 3.45. The van der Waals surface area contributed by atoms with Crippen LogP contribution in [0.2, 0.25) is 0 Å². The maximum Gasteiger partial charge on any atom is 0.271 e. The summed E-state index contributed by atoms with van der Waals surface area (Å²) in [7, 11) is 0. The number of imidazole rings is 1. The lowest BCUT2D eigenvalue weighted by atomic mass is 10.1. The summed E-state index contributed by atoms with van der Waals surface area (Å²) >= 11 is 0. The molecule has 0 aliphatic heterocycles. The number of nitrogens with zero attached hydrogens (tertiary/aromatic N) is 2. The maximum absolute atomic E-state index is 12.0. The number of fused-ring (bicyclic) bond motifs is 1. The number of hydrazone groups is 1. The zero-order valence-corrected chi connectivity index (χ0v) is 12.2. The van der Waals surface area contributed by atoms with E-state index in [9.17, 15) is 4.79 Å². The first-order valence-corrected chi connectivity index (χ1v) is 7.12. The second-order valence-electron chi connectivity index (χ2n) is 4.93. The van der Waals surface area contributed by atoms with E-state index in [0.717, 1.165) is 23.0 Å². The van der Waals surface area contributed by atoms with Gasteiger partial charge in [-0.05, 0) is 35.7 Å². The number of carbonyl (C=O) groups excluding carboxylic acids is 1. The molecule has 0 unspecified atom stereocenters. The van der Waals surface area contributed by atoms with Gasteiger partial charge in [-0.3, -0.25) is 4.79 Å². The van der Waals surface area contributed by atoms with Crippen molar-refractivity contribution in [2.75, 3.05) is 0 Å². The molecule has 0 saturated carbocycles. The molecule has 0 fully saturated rings. The number of rotatable bonds is 4. The third kappa shape index (κ3) is 3.03. The molecule has 0 radical (unpaired) electrons. The molecule has 2 aromatic carbocycles. The molecule has 1 heterocycles. The molecule has 22 heavy (non-hydrogen) atoms. The van der Waals surface area contributed by atoms with E-state index in [1.165, 1.54) is 5.56 Å². The van der Waals surface area contributed by atoms with Gasteiger partial charge in [-0.15, -0.1) is 0 Å². The van der Waals surface area contributed by atoms with E-state index in [-0.39, 0.29) is 5.91 Å². The fraction of sp³-hybridized carbons (Fsp3) is 0.118. The standard InChI is InChI=1S/C17H16N4O/c1-2-12-3-5-13(6-4-12)10-20-21-17(22)14-7-8-15-16(9-14)19-11-18-15/h3-11H,2H2,1H3,(H,18,19)(H,21,22). The van der Waals surface area contributed by atoms with E-state index < -0.39 is 0 Å². The quantitative estimate of drug-likeness (QED) is 0.573. The van der Waals surface area contributed by atoms with Crippen molar-refractivity contribution in [2.45, 2.75) is 13.3 Å². The highest BCUT2D eigenvalue weighted by Crippen LogP contribution is 2.11. The first-order chi connectivity index (χ1) is 10.8. The van der Waals surface area contributed by atoms with Crippen LogP contribution < -0.4 is 5.43 Å². The van der Waals surface area contributed by atoms with Gasteiger partial charge in [0.15, 0.2) is 0 Å². The molecule has 0 saturated heterocycles. The molecule has 3 aromatic rings. The van der Waals surface area contributed by atoms with Crippen LogP contribution in [0.5, 0.6) is 0 Å². The van der Waals surface area contributed by atoms with Gasteiger partial charge >= 0.3 is 0 Å². The molecule has 1 amide bonds.